The SMILES string of the molecule is C[C@H](NC(=O)CN1C(=O)CCOc2ccccc21)c1ccc(-c2ccccc2)cc1. The first-order chi connectivity index (χ1) is 14.6. The standard InChI is InChI=1S/C25H24N2O3/c1-18(19-11-13-21(14-12-19)20-7-3-2-4-8-20)26-24(28)17-27-22-9-5-6-10-23(22)30-16-15-25(27)29/h2-14,18H,15-17H2,1H3,(H,26,28)/t18-/m0/s1. The van der Waals surface area contributed by atoms with E-state index in [0.29, 0.717) is 18.0 Å². The molecule has 1 atom stereocenters. The third kappa shape index (κ3) is 4.35. The molecule has 5 nitrogen and oxygen atoms in total. The van der Waals surface area contributed by atoms with E-state index in [2.05, 4.69) is 29.6 Å². The van der Waals surface area contributed by atoms with Crippen LogP contribution in [0.2, 0.25) is 0 Å². The zero-order valence-electron chi connectivity index (χ0n) is 16.9. The minimum atomic E-state index is -0.209. The molecule has 4 rings (SSSR count). The van der Waals surface area contributed by atoms with Crippen molar-refractivity contribution in [1.29, 1.82) is 0 Å². The Kier molecular flexibility index (Phi) is 5.80. The minimum Gasteiger partial charge on any atom is -0.491 e. The number of fused-ring (bicyclic) bond motifs is 1. The summed E-state index contributed by atoms with van der Waals surface area (Å²) < 4.78 is 5.63. The Labute approximate surface area is 176 Å². The first kappa shape index (κ1) is 19.7. The number of amides is 2. The molecule has 0 bridgehead atoms. The summed E-state index contributed by atoms with van der Waals surface area (Å²) in [5.41, 5.74) is 3.93. The maximum Gasteiger partial charge on any atom is 0.240 e. The van der Waals surface area contributed by atoms with Crippen molar-refractivity contribution in [2.24, 2.45) is 0 Å². The quantitative estimate of drug-likeness (QED) is 0.693. The highest BCUT2D eigenvalue weighted by Crippen LogP contribution is 2.30. The van der Waals surface area contributed by atoms with Crippen molar-refractivity contribution in [3.8, 4) is 16.9 Å². The predicted octanol–water partition coefficient (Wildman–Crippen LogP) is 4.35. The molecule has 2 amide bonds. The van der Waals surface area contributed by atoms with Gasteiger partial charge in [0.05, 0.1) is 24.8 Å². The van der Waals surface area contributed by atoms with Crippen LogP contribution < -0.4 is 15.0 Å². The molecule has 0 radical (unpaired) electrons. The number of nitrogens with one attached hydrogen (secondary N) is 1. The molecule has 3 aromatic rings. The van der Waals surface area contributed by atoms with Crippen LogP contribution in [0.3, 0.4) is 0 Å². The Morgan fingerprint density at radius 2 is 1.63 bits per heavy atom. The molecule has 1 heterocycles. The zero-order chi connectivity index (χ0) is 20.9. The van der Waals surface area contributed by atoms with Gasteiger partial charge in [0.1, 0.15) is 12.3 Å². The van der Waals surface area contributed by atoms with Gasteiger partial charge >= 0.3 is 0 Å². The molecule has 0 saturated carbocycles. The van der Waals surface area contributed by atoms with Crippen molar-refractivity contribution in [3.05, 3.63) is 84.4 Å². The van der Waals surface area contributed by atoms with E-state index in [9.17, 15) is 9.59 Å². The average Bonchev–Trinajstić information content (AvgIpc) is 2.93. The van der Waals surface area contributed by atoms with E-state index >= 15 is 0 Å². The molecule has 0 unspecified atom stereocenters. The summed E-state index contributed by atoms with van der Waals surface area (Å²) in [7, 11) is 0. The van der Waals surface area contributed by atoms with Gasteiger partial charge in [0.15, 0.2) is 0 Å². The van der Waals surface area contributed by atoms with Crippen molar-refractivity contribution in [2.45, 2.75) is 19.4 Å². The minimum absolute atomic E-state index is 0.0361. The molecule has 152 valence electrons. The number of rotatable bonds is 5. The van der Waals surface area contributed by atoms with E-state index in [0.717, 1.165) is 16.7 Å². The number of carbonyl (C=O) groups is 2. The first-order valence-corrected chi connectivity index (χ1v) is 10.1. The van der Waals surface area contributed by atoms with Crippen LogP contribution in [0.25, 0.3) is 11.1 Å². The van der Waals surface area contributed by atoms with Crippen LogP contribution in [0.1, 0.15) is 24.9 Å². The van der Waals surface area contributed by atoms with Crippen LogP contribution in [-0.4, -0.2) is 25.0 Å². The number of ether oxygens (including phenoxy) is 1. The van der Waals surface area contributed by atoms with E-state index in [1.54, 1.807) is 6.07 Å². The van der Waals surface area contributed by atoms with Crippen LogP contribution in [0.5, 0.6) is 5.75 Å². The highest BCUT2D eigenvalue weighted by atomic mass is 16.5. The zero-order valence-corrected chi connectivity index (χ0v) is 16.9. The second-order valence-corrected chi connectivity index (χ2v) is 7.32. The lowest BCUT2D eigenvalue weighted by atomic mass is 10.0. The van der Waals surface area contributed by atoms with Crippen molar-refractivity contribution >= 4 is 17.5 Å². The summed E-state index contributed by atoms with van der Waals surface area (Å²) in [5.74, 6) is 0.301. The lowest BCUT2D eigenvalue weighted by Crippen LogP contribution is -2.41. The van der Waals surface area contributed by atoms with Gasteiger partial charge in [-0.25, -0.2) is 0 Å². The van der Waals surface area contributed by atoms with E-state index < -0.39 is 0 Å². The Hall–Kier alpha value is -3.60. The van der Waals surface area contributed by atoms with Crippen molar-refractivity contribution in [3.63, 3.8) is 0 Å². The molecule has 0 aromatic heterocycles. The Morgan fingerprint density at radius 3 is 2.40 bits per heavy atom. The summed E-state index contributed by atoms with van der Waals surface area (Å²) in [4.78, 5) is 26.7. The molecule has 5 heteroatoms. The van der Waals surface area contributed by atoms with Crippen molar-refractivity contribution < 1.29 is 14.3 Å². The van der Waals surface area contributed by atoms with Gasteiger partial charge in [0.2, 0.25) is 11.8 Å². The van der Waals surface area contributed by atoms with Gasteiger partial charge in [-0.3, -0.25) is 14.5 Å². The molecule has 1 aliphatic heterocycles. The number of hydrogen-bond acceptors (Lipinski definition) is 3. The number of nitrogens with zero attached hydrogens (tertiary/aromatic N) is 1. The summed E-state index contributed by atoms with van der Waals surface area (Å²) >= 11 is 0. The van der Waals surface area contributed by atoms with Crippen LogP contribution in [-0.2, 0) is 9.59 Å². The molecular weight excluding hydrogens is 376 g/mol. The second-order valence-electron chi connectivity index (χ2n) is 7.32. The summed E-state index contributed by atoms with van der Waals surface area (Å²) in [6.45, 7) is 2.22. The fourth-order valence-corrected chi connectivity index (χ4v) is 3.60. The maximum absolute atomic E-state index is 12.7. The predicted molar refractivity (Wildman–Crippen MR) is 117 cm³/mol. The van der Waals surface area contributed by atoms with Gasteiger partial charge in [-0.1, -0.05) is 66.7 Å². The fourth-order valence-electron chi connectivity index (χ4n) is 3.60. The largest absolute Gasteiger partial charge is 0.491 e. The Balaban J connectivity index is 1.43. The van der Waals surface area contributed by atoms with Crippen molar-refractivity contribution in [2.75, 3.05) is 18.1 Å². The number of anilines is 1. The first-order valence-electron chi connectivity index (χ1n) is 10.1. The Morgan fingerprint density at radius 1 is 0.967 bits per heavy atom. The van der Waals surface area contributed by atoms with Gasteiger partial charge in [0.25, 0.3) is 0 Å². The van der Waals surface area contributed by atoms with Crippen LogP contribution in [0.15, 0.2) is 78.9 Å². The van der Waals surface area contributed by atoms with Gasteiger partial charge in [-0.2, -0.15) is 0 Å². The van der Waals surface area contributed by atoms with Crippen LogP contribution >= 0.6 is 0 Å². The topological polar surface area (TPSA) is 58.6 Å². The van der Waals surface area contributed by atoms with Gasteiger partial charge < -0.3 is 10.1 Å². The maximum atomic E-state index is 12.7. The third-order valence-electron chi connectivity index (χ3n) is 5.23. The molecule has 1 N–H and O–H groups in total. The number of hydrogen-bond donors (Lipinski definition) is 1. The smallest absolute Gasteiger partial charge is 0.240 e. The van der Waals surface area contributed by atoms with Gasteiger partial charge in [0, 0.05) is 0 Å². The van der Waals surface area contributed by atoms with Crippen molar-refractivity contribution in [1.82, 2.24) is 5.32 Å². The highest BCUT2D eigenvalue weighted by molar-refractivity contribution is 6.00. The van der Waals surface area contributed by atoms with Crippen LogP contribution in [0, 0.1) is 0 Å². The van der Waals surface area contributed by atoms with Crippen LogP contribution in [0.4, 0.5) is 5.69 Å². The molecule has 0 spiro atoms. The fraction of sp³-hybridized carbons (Fsp3) is 0.200. The van der Waals surface area contributed by atoms with E-state index in [1.165, 1.54) is 4.90 Å². The van der Waals surface area contributed by atoms with E-state index in [4.69, 9.17) is 4.74 Å². The molecule has 3 aromatic carbocycles. The highest BCUT2D eigenvalue weighted by Gasteiger charge is 2.25. The molecule has 30 heavy (non-hydrogen) atoms. The number of benzene rings is 3. The number of para-hydroxylation sites is 2. The van der Waals surface area contributed by atoms with Gasteiger partial charge in [-0.05, 0) is 35.7 Å². The molecule has 0 aliphatic carbocycles. The van der Waals surface area contributed by atoms with E-state index in [-0.39, 0.29) is 30.8 Å². The molecule has 0 saturated heterocycles. The average molecular weight is 400 g/mol. The van der Waals surface area contributed by atoms with Gasteiger partial charge in [-0.15, -0.1) is 0 Å². The molecular formula is C25H24N2O3. The lowest BCUT2D eigenvalue weighted by molar-refractivity contribution is -0.124. The summed E-state index contributed by atoms with van der Waals surface area (Å²) in [6, 6.07) is 25.5. The second kappa shape index (κ2) is 8.82. The monoisotopic (exact) mass is 400 g/mol. The normalized spacial score (nSPS) is 14.3. The Bertz CT molecular complexity index is 1030. The summed E-state index contributed by atoms with van der Waals surface area (Å²) in [6.07, 6.45) is 0.248. The third-order valence-corrected chi connectivity index (χ3v) is 5.23. The number of carbonyl (C=O) groups excluding carboxylic acids is 2. The lowest BCUT2D eigenvalue weighted by Gasteiger charge is -2.23. The summed E-state index contributed by atoms with van der Waals surface area (Å²) in [5, 5.41) is 3.00. The van der Waals surface area contributed by atoms with E-state index in [1.807, 2.05) is 55.5 Å². The molecule has 0 fully saturated rings. The molecule has 1 aliphatic rings.